The van der Waals surface area contributed by atoms with E-state index in [4.69, 9.17) is 0 Å². The van der Waals surface area contributed by atoms with Crippen LogP contribution in [0, 0.1) is 13.8 Å². The SMILES string of the molecule is Cc1nc(C)n([C@H]2CCCN(C(=O)CCc3ccsc3)C2)n1. The second-order valence-electron chi connectivity index (χ2n) is 5.92. The van der Waals surface area contributed by atoms with Crippen LogP contribution in [-0.2, 0) is 11.2 Å². The molecule has 6 heteroatoms. The lowest BCUT2D eigenvalue weighted by Crippen LogP contribution is -2.41. The summed E-state index contributed by atoms with van der Waals surface area (Å²) in [6.07, 6.45) is 3.54. The van der Waals surface area contributed by atoms with Crippen LogP contribution in [0.4, 0.5) is 0 Å². The van der Waals surface area contributed by atoms with E-state index in [1.165, 1.54) is 5.56 Å². The summed E-state index contributed by atoms with van der Waals surface area (Å²) < 4.78 is 1.99. The van der Waals surface area contributed by atoms with Crippen LogP contribution in [0.3, 0.4) is 0 Å². The molecule has 1 fully saturated rings. The van der Waals surface area contributed by atoms with Gasteiger partial charge in [-0.2, -0.15) is 16.4 Å². The van der Waals surface area contributed by atoms with Crippen molar-refractivity contribution in [1.82, 2.24) is 19.7 Å². The number of amides is 1. The second-order valence-corrected chi connectivity index (χ2v) is 6.70. The Balaban J connectivity index is 1.60. The molecular formula is C16H22N4OS. The Morgan fingerprint density at radius 2 is 2.32 bits per heavy atom. The van der Waals surface area contributed by atoms with Crippen LogP contribution in [-0.4, -0.2) is 38.7 Å². The van der Waals surface area contributed by atoms with Gasteiger partial charge < -0.3 is 4.90 Å². The first kappa shape index (κ1) is 15.2. The van der Waals surface area contributed by atoms with Crippen molar-refractivity contribution in [3.05, 3.63) is 34.0 Å². The summed E-state index contributed by atoms with van der Waals surface area (Å²) in [4.78, 5) is 18.8. The Morgan fingerprint density at radius 3 is 3.00 bits per heavy atom. The molecule has 1 atom stereocenters. The number of likely N-dealkylation sites (tertiary alicyclic amines) is 1. The van der Waals surface area contributed by atoms with Crippen LogP contribution in [0.5, 0.6) is 0 Å². The fraction of sp³-hybridized carbons (Fsp3) is 0.562. The van der Waals surface area contributed by atoms with E-state index in [9.17, 15) is 4.79 Å². The molecule has 0 N–H and O–H groups in total. The summed E-state index contributed by atoms with van der Waals surface area (Å²) in [6, 6.07) is 2.36. The van der Waals surface area contributed by atoms with E-state index >= 15 is 0 Å². The van der Waals surface area contributed by atoms with E-state index < -0.39 is 0 Å². The maximum atomic E-state index is 12.4. The van der Waals surface area contributed by atoms with Crippen LogP contribution in [0.1, 0.15) is 42.5 Å². The van der Waals surface area contributed by atoms with Gasteiger partial charge in [-0.1, -0.05) is 0 Å². The molecule has 22 heavy (non-hydrogen) atoms. The van der Waals surface area contributed by atoms with Crippen LogP contribution >= 0.6 is 11.3 Å². The molecule has 2 aromatic heterocycles. The molecule has 1 aliphatic heterocycles. The number of thiophene rings is 1. The van der Waals surface area contributed by atoms with Crippen molar-refractivity contribution < 1.29 is 4.79 Å². The third-order valence-electron chi connectivity index (χ3n) is 4.21. The molecule has 0 radical (unpaired) electrons. The quantitative estimate of drug-likeness (QED) is 0.871. The molecule has 0 saturated carbocycles. The van der Waals surface area contributed by atoms with Gasteiger partial charge >= 0.3 is 0 Å². The highest BCUT2D eigenvalue weighted by Crippen LogP contribution is 2.23. The van der Waals surface area contributed by atoms with Crippen molar-refractivity contribution in [2.75, 3.05) is 13.1 Å². The minimum Gasteiger partial charge on any atom is -0.341 e. The highest BCUT2D eigenvalue weighted by molar-refractivity contribution is 7.07. The Labute approximate surface area is 135 Å². The zero-order chi connectivity index (χ0) is 15.5. The van der Waals surface area contributed by atoms with Crippen molar-refractivity contribution in [2.24, 2.45) is 0 Å². The van der Waals surface area contributed by atoms with E-state index in [1.807, 2.05) is 23.4 Å². The van der Waals surface area contributed by atoms with E-state index in [2.05, 4.69) is 26.9 Å². The maximum Gasteiger partial charge on any atom is 0.222 e. The molecule has 0 unspecified atom stereocenters. The summed E-state index contributed by atoms with van der Waals surface area (Å²) in [5, 5.41) is 8.66. The lowest BCUT2D eigenvalue weighted by Gasteiger charge is -2.33. The van der Waals surface area contributed by atoms with Gasteiger partial charge in [0.25, 0.3) is 0 Å². The minimum absolute atomic E-state index is 0.255. The van der Waals surface area contributed by atoms with Gasteiger partial charge in [-0.05, 0) is 55.5 Å². The average molecular weight is 318 g/mol. The number of hydrogen-bond donors (Lipinski definition) is 0. The van der Waals surface area contributed by atoms with Crippen LogP contribution in [0.2, 0.25) is 0 Å². The first-order valence-corrected chi connectivity index (χ1v) is 8.76. The Bertz CT molecular complexity index is 635. The molecule has 3 rings (SSSR count). The van der Waals surface area contributed by atoms with Gasteiger partial charge in [-0.3, -0.25) is 4.79 Å². The lowest BCUT2D eigenvalue weighted by atomic mass is 10.0. The van der Waals surface area contributed by atoms with Gasteiger partial charge in [-0.25, -0.2) is 9.67 Å². The highest BCUT2D eigenvalue weighted by Gasteiger charge is 2.26. The number of hydrogen-bond acceptors (Lipinski definition) is 4. The fourth-order valence-corrected chi connectivity index (χ4v) is 3.81. The lowest BCUT2D eigenvalue weighted by molar-refractivity contribution is -0.132. The molecule has 0 aromatic carbocycles. The largest absolute Gasteiger partial charge is 0.341 e. The number of carbonyl (C=O) groups is 1. The third kappa shape index (κ3) is 3.38. The average Bonchev–Trinajstić information content (AvgIpc) is 3.14. The molecule has 0 bridgehead atoms. The van der Waals surface area contributed by atoms with Gasteiger partial charge in [0.2, 0.25) is 5.91 Å². The Kier molecular flexibility index (Phi) is 4.57. The molecular weight excluding hydrogens is 296 g/mol. The van der Waals surface area contributed by atoms with Crippen molar-refractivity contribution in [1.29, 1.82) is 0 Å². The zero-order valence-electron chi connectivity index (χ0n) is 13.2. The summed E-state index contributed by atoms with van der Waals surface area (Å²) in [5.41, 5.74) is 1.26. The fourth-order valence-electron chi connectivity index (χ4n) is 3.11. The number of piperidine rings is 1. The zero-order valence-corrected chi connectivity index (χ0v) is 14.0. The third-order valence-corrected chi connectivity index (χ3v) is 4.94. The molecule has 0 spiro atoms. The van der Waals surface area contributed by atoms with Gasteiger partial charge in [0.15, 0.2) is 0 Å². The monoisotopic (exact) mass is 318 g/mol. The van der Waals surface area contributed by atoms with Crippen molar-refractivity contribution in [3.8, 4) is 0 Å². The minimum atomic E-state index is 0.255. The topological polar surface area (TPSA) is 51.0 Å². The van der Waals surface area contributed by atoms with Gasteiger partial charge in [0.05, 0.1) is 6.04 Å². The molecule has 2 aromatic rings. The van der Waals surface area contributed by atoms with Gasteiger partial charge in [-0.15, -0.1) is 0 Å². The van der Waals surface area contributed by atoms with E-state index in [-0.39, 0.29) is 11.9 Å². The summed E-state index contributed by atoms with van der Waals surface area (Å²) >= 11 is 1.68. The smallest absolute Gasteiger partial charge is 0.222 e. The molecule has 3 heterocycles. The van der Waals surface area contributed by atoms with E-state index in [0.29, 0.717) is 6.42 Å². The highest BCUT2D eigenvalue weighted by atomic mass is 32.1. The van der Waals surface area contributed by atoms with Crippen molar-refractivity contribution >= 4 is 17.2 Å². The Morgan fingerprint density at radius 1 is 1.45 bits per heavy atom. The normalized spacial score (nSPS) is 18.6. The first-order valence-electron chi connectivity index (χ1n) is 7.82. The summed E-state index contributed by atoms with van der Waals surface area (Å²) in [5.74, 6) is 2.00. The van der Waals surface area contributed by atoms with E-state index in [0.717, 1.165) is 44.0 Å². The van der Waals surface area contributed by atoms with Crippen molar-refractivity contribution in [3.63, 3.8) is 0 Å². The predicted molar refractivity (Wildman–Crippen MR) is 87.0 cm³/mol. The molecule has 1 saturated heterocycles. The molecule has 5 nitrogen and oxygen atoms in total. The number of nitrogens with zero attached hydrogens (tertiary/aromatic N) is 4. The van der Waals surface area contributed by atoms with Crippen LogP contribution < -0.4 is 0 Å². The molecule has 1 amide bonds. The molecule has 0 aliphatic carbocycles. The summed E-state index contributed by atoms with van der Waals surface area (Å²) in [7, 11) is 0. The maximum absolute atomic E-state index is 12.4. The number of aromatic nitrogens is 3. The van der Waals surface area contributed by atoms with Gasteiger partial charge in [0, 0.05) is 19.5 Å². The predicted octanol–water partition coefficient (Wildman–Crippen LogP) is 2.75. The molecule has 118 valence electrons. The first-order chi connectivity index (χ1) is 10.6. The number of aryl methyl sites for hydroxylation is 3. The number of carbonyl (C=O) groups excluding carboxylic acids is 1. The van der Waals surface area contributed by atoms with Crippen molar-refractivity contribution in [2.45, 2.75) is 45.6 Å². The second kappa shape index (κ2) is 6.60. The number of rotatable bonds is 4. The van der Waals surface area contributed by atoms with Gasteiger partial charge in [0.1, 0.15) is 11.6 Å². The molecule has 1 aliphatic rings. The van der Waals surface area contributed by atoms with Crippen LogP contribution in [0.25, 0.3) is 0 Å². The Hall–Kier alpha value is -1.69. The summed E-state index contributed by atoms with van der Waals surface area (Å²) in [6.45, 7) is 5.52. The standard InChI is InChI=1S/C16H22N4OS/c1-12-17-13(2)20(18-12)15-4-3-8-19(10-15)16(21)6-5-14-7-9-22-11-14/h7,9,11,15H,3-6,8,10H2,1-2H3/t15-/m0/s1. The van der Waals surface area contributed by atoms with E-state index in [1.54, 1.807) is 11.3 Å². The van der Waals surface area contributed by atoms with Crippen LogP contribution in [0.15, 0.2) is 16.8 Å².